The van der Waals surface area contributed by atoms with Gasteiger partial charge in [-0.05, 0) is 38.0 Å². The normalized spacial score (nSPS) is 46.4. The Morgan fingerprint density at radius 2 is 1.94 bits per heavy atom. The Hall–Kier alpha value is -1.00. The van der Waals surface area contributed by atoms with Crippen molar-refractivity contribution in [2.75, 3.05) is 26.2 Å². The number of rotatable bonds is 6. The smallest absolute Gasteiger partial charge is 0.246 e. The summed E-state index contributed by atoms with van der Waals surface area (Å²) in [5, 5.41) is 11.5. The number of nitrogens with zero attached hydrogens (tertiary/aromatic N) is 1. The van der Waals surface area contributed by atoms with E-state index in [-0.39, 0.29) is 54.1 Å². The van der Waals surface area contributed by atoms with Crippen LogP contribution in [0.1, 0.15) is 45.4 Å². The number of halogens is 2. The molecule has 2 amide bonds. The predicted octanol–water partition coefficient (Wildman–Crippen LogP) is 0.410. The van der Waals surface area contributed by atoms with E-state index in [0.29, 0.717) is 25.3 Å². The molecular formula is C21H33ClFN5O3. The van der Waals surface area contributed by atoms with Gasteiger partial charge in [0.05, 0.1) is 23.6 Å². The minimum Gasteiger partial charge on any atom is -0.368 e. The molecule has 2 heterocycles. The molecule has 0 aromatic rings. The van der Waals surface area contributed by atoms with Crippen LogP contribution < -0.4 is 21.4 Å². The highest BCUT2D eigenvalue weighted by atomic mass is 35.5. The van der Waals surface area contributed by atoms with Gasteiger partial charge in [-0.2, -0.15) is 0 Å². The van der Waals surface area contributed by atoms with Gasteiger partial charge in [-0.1, -0.05) is 6.92 Å². The molecule has 31 heavy (non-hydrogen) atoms. The fraction of sp³-hybridized carbons (Fsp3) is 0.905. The highest BCUT2D eigenvalue weighted by Gasteiger charge is 2.69. The van der Waals surface area contributed by atoms with Crippen molar-refractivity contribution in [1.29, 1.82) is 0 Å². The molecule has 4 aliphatic carbocycles. The Morgan fingerprint density at radius 3 is 2.68 bits per heavy atom. The highest BCUT2D eigenvalue weighted by Crippen LogP contribution is 2.60. The van der Waals surface area contributed by atoms with E-state index in [1.165, 1.54) is 0 Å². The van der Waals surface area contributed by atoms with E-state index in [0.717, 1.165) is 32.4 Å². The molecule has 6 aliphatic rings. The Kier molecular flexibility index (Phi) is 5.70. The van der Waals surface area contributed by atoms with E-state index in [9.17, 15) is 14.0 Å². The number of hydrogen-bond acceptors (Lipinski definition) is 6. The maximum atomic E-state index is 13.7. The summed E-state index contributed by atoms with van der Waals surface area (Å²) >= 11 is 5.89. The first-order valence-electron chi connectivity index (χ1n) is 11.5. The van der Waals surface area contributed by atoms with Gasteiger partial charge in [0, 0.05) is 37.1 Å². The van der Waals surface area contributed by atoms with Crippen molar-refractivity contribution in [1.82, 2.24) is 26.4 Å². The zero-order valence-corrected chi connectivity index (χ0v) is 18.7. The molecule has 2 aliphatic heterocycles. The Labute approximate surface area is 187 Å². The third kappa shape index (κ3) is 4.19. The van der Waals surface area contributed by atoms with Gasteiger partial charge in [-0.3, -0.25) is 20.3 Å². The van der Waals surface area contributed by atoms with Crippen LogP contribution in [0.5, 0.6) is 0 Å². The number of hydrogen-bond donors (Lipinski definition) is 4. The zero-order valence-electron chi connectivity index (χ0n) is 18.0. The van der Waals surface area contributed by atoms with Crippen LogP contribution in [0.25, 0.3) is 0 Å². The molecule has 0 radical (unpaired) electrons. The average Bonchev–Trinajstić information content (AvgIpc) is 3.09. The predicted molar refractivity (Wildman–Crippen MR) is 113 cm³/mol. The summed E-state index contributed by atoms with van der Waals surface area (Å²) in [4.78, 5) is 25.2. The van der Waals surface area contributed by atoms with Crippen LogP contribution in [0.3, 0.4) is 0 Å². The van der Waals surface area contributed by atoms with E-state index in [1.807, 2.05) is 0 Å². The molecule has 8 nitrogen and oxygen atoms in total. The molecule has 6 rings (SSSR count). The SMILES string of the molecule is CC1CNC2C(C(=O)NC34CC(NC(=O)COC5CCC(Cl)C(F)C5)(C3)C4)CNN2C1. The fourth-order valence-electron chi connectivity index (χ4n) is 6.16. The number of carbonyl (C=O) groups excluding carboxylic acids is 2. The van der Waals surface area contributed by atoms with Crippen LogP contribution in [0.15, 0.2) is 0 Å². The van der Waals surface area contributed by atoms with Crippen molar-refractivity contribution in [2.45, 2.75) is 80.3 Å². The summed E-state index contributed by atoms with van der Waals surface area (Å²) in [6.07, 6.45) is 2.54. The summed E-state index contributed by atoms with van der Waals surface area (Å²) in [6.45, 7) is 4.66. The minimum atomic E-state index is -1.07. The van der Waals surface area contributed by atoms with Gasteiger partial charge in [0.15, 0.2) is 0 Å². The Balaban J connectivity index is 1.03. The second-order valence-electron chi connectivity index (χ2n) is 10.5. The van der Waals surface area contributed by atoms with E-state index < -0.39 is 11.5 Å². The van der Waals surface area contributed by atoms with Gasteiger partial charge in [-0.15, -0.1) is 11.6 Å². The standard InChI is InChI=1S/C21H33ClFN5O3/c1-12-5-24-18-14(6-25-28(18)7-12)19(30)27-21-9-20(10-21,11-21)26-17(29)8-31-13-2-3-15(22)16(23)4-13/h12-16,18,24-25H,2-11H2,1H3,(H,26,29)(H,27,30). The van der Waals surface area contributed by atoms with Crippen LogP contribution in [-0.2, 0) is 14.3 Å². The first-order chi connectivity index (χ1) is 14.8. The number of fused-ring (bicyclic) bond motifs is 1. The lowest BCUT2D eigenvalue weighted by Gasteiger charge is -2.70. The van der Waals surface area contributed by atoms with Crippen LogP contribution in [-0.4, -0.2) is 78.0 Å². The van der Waals surface area contributed by atoms with Gasteiger partial charge < -0.3 is 15.4 Å². The Morgan fingerprint density at radius 1 is 1.19 bits per heavy atom. The van der Waals surface area contributed by atoms with Gasteiger partial charge in [0.25, 0.3) is 0 Å². The molecule has 2 saturated heterocycles. The zero-order chi connectivity index (χ0) is 21.8. The lowest BCUT2D eigenvalue weighted by Crippen LogP contribution is -2.84. The molecule has 10 heteroatoms. The van der Waals surface area contributed by atoms with Crippen LogP contribution in [0.2, 0.25) is 0 Å². The average molecular weight is 458 g/mol. The summed E-state index contributed by atoms with van der Waals surface area (Å²) in [6, 6.07) is 0. The van der Waals surface area contributed by atoms with E-state index in [2.05, 4.69) is 33.3 Å². The molecule has 174 valence electrons. The van der Waals surface area contributed by atoms with E-state index in [1.54, 1.807) is 0 Å². The van der Waals surface area contributed by atoms with Crippen LogP contribution >= 0.6 is 11.6 Å². The number of amides is 2. The molecule has 6 fully saturated rings. The quantitative estimate of drug-likeness (QED) is 0.432. The first kappa shape index (κ1) is 21.8. The summed E-state index contributed by atoms with van der Waals surface area (Å²) < 4.78 is 19.3. The summed E-state index contributed by atoms with van der Waals surface area (Å²) in [5.41, 5.74) is 2.94. The van der Waals surface area contributed by atoms with Gasteiger partial charge in [-0.25, -0.2) is 9.40 Å². The second kappa shape index (κ2) is 8.09. The van der Waals surface area contributed by atoms with Crippen molar-refractivity contribution in [3.05, 3.63) is 0 Å². The molecule has 6 atom stereocenters. The van der Waals surface area contributed by atoms with Gasteiger partial charge in [0.2, 0.25) is 11.8 Å². The number of ether oxygens (including phenoxy) is 1. The van der Waals surface area contributed by atoms with E-state index in [4.69, 9.17) is 16.3 Å². The molecule has 0 spiro atoms. The number of hydrazine groups is 1. The first-order valence-corrected chi connectivity index (χ1v) is 12.0. The fourth-order valence-corrected chi connectivity index (χ4v) is 6.39. The third-order valence-electron chi connectivity index (χ3n) is 7.67. The molecular weight excluding hydrogens is 425 g/mol. The maximum absolute atomic E-state index is 13.7. The van der Waals surface area contributed by atoms with Crippen molar-refractivity contribution >= 4 is 23.4 Å². The lowest BCUT2D eigenvalue weighted by molar-refractivity contribution is -0.155. The molecule has 0 aromatic carbocycles. The number of nitrogens with one attached hydrogen (secondary N) is 4. The van der Waals surface area contributed by atoms with Crippen molar-refractivity contribution < 1.29 is 18.7 Å². The van der Waals surface area contributed by atoms with E-state index >= 15 is 0 Å². The van der Waals surface area contributed by atoms with Crippen LogP contribution in [0, 0.1) is 11.8 Å². The summed E-state index contributed by atoms with van der Waals surface area (Å²) in [7, 11) is 0. The van der Waals surface area contributed by atoms with Crippen molar-refractivity contribution in [3.8, 4) is 0 Å². The monoisotopic (exact) mass is 457 g/mol. The number of carbonyl (C=O) groups is 2. The summed E-state index contributed by atoms with van der Waals surface area (Å²) in [5.74, 6) is 0.368. The molecule has 4 saturated carbocycles. The number of alkyl halides is 2. The minimum absolute atomic E-state index is 0.0483. The highest BCUT2D eigenvalue weighted by molar-refractivity contribution is 6.21. The lowest BCUT2D eigenvalue weighted by atomic mass is 9.44. The Bertz CT molecular complexity index is 722. The second-order valence-corrected chi connectivity index (χ2v) is 11.0. The van der Waals surface area contributed by atoms with Crippen molar-refractivity contribution in [2.24, 2.45) is 11.8 Å². The third-order valence-corrected chi connectivity index (χ3v) is 8.16. The molecule has 2 bridgehead atoms. The largest absolute Gasteiger partial charge is 0.368 e. The maximum Gasteiger partial charge on any atom is 0.246 e. The van der Waals surface area contributed by atoms with Crippen LogP contribution in [0.4, 0.5) is 4.39 Å². The van der Waals surface area contributed by atoms with Gasteiger partial charge in [0.1, 0.15) is 12.8 Å². The molecule has 0 aromatic heterocycles. The van der Waals surface area contributed by atoms with Crippen molar-refractivity contribution in [3.63, 3.8) is 0 Å². The molecule has 4 N–H and O–H groups in total. The van der Waals surface area contributed by atoms with Gasteiger partial charge >= 0.3 is 0 Å². The molecule has 6 unspecified atom stereocenters. The topological polar surface area (TPSA) is 94.7 Å².